The molecule has 86 valence electrons. The van der Waals surface area contributed by atoms with Crippen molar-refractivity contribution in [3.63, 3.8) is 0 Å². The van der Waals surface area contributed by atoms with E-state index in [0.717, 1.165) is 18.7 Å². The van der Waals surface area contributed by atoms with Crippen LogP contribution in [-0.2, 0) is 6.54 Å². The van der Waals surface area contributed by atoms with Gasteiger partial charge < -0.3 is 0 Å². The van der Waals surface area contributed by atoms with Crippen molar-refractivity contribution in [3.05, 3.63) is 29.8 Å². The lowest BCUT2D eigenvalue weighted by atomic mass is 9.82. The summed E-state index contributed by atoms with van der Waals surface area (Å²) >= 11 is 0. The van der Waals surface area contributed by atoms with Gasteiger partial charge in [-0.2, -0.15) is 0 Å². The summed E-state index contributed by atoms with van der Waals surface area (Å²) in [6, 6.07) is 6.87. The van der Waals surface area contributed by atoms with E-state index in [1.165, 1.54) is 25.3 Å². The van der Waals surface area contributed by atoms with Crippen LogP contribution in [-0.4, -0.2) is 25.3 Å². The van der Waals surface area contributed by atoms with Gasteiger partial charge in [0.15, 0.2) is 0 Å². The summed E-state index contributed by atoms with van der Waals surface area (Å²) in [6.45, 7) is 2.75. The predicted octanol–water partition coefficient (Wildman–Crippen LogP) is 2.31. The second-order valence-electron chi connectivity index (χ2n) is 4.34. The fourth-order valence-corrected chi connectivity index (χ4v) is 2.25. The second-order valence-corrected chi connectivity index (χ2v) is 4.34. The summed E-state index contributed by atoms with van der Waals surface area (Å²) in [6.07, 6.45) is 3.65. The van der Waals surface area contributed by atoms with Crippen molar-refractivity contribution >= 4 is 12.7 Å². The minimum Gasteiger partial charge on any atom is -0.299 e. The Balaban J connectivity index is 2.07. The molecule has 1 aromatic rings. The molecule has 16 heavy (non-hydrogen) atoms. The first-order valence-electron chi connectivity index (χ1n) is 5.85. The molecule has 0 spiro atoms. The van der Waals surface area contributed by atoms with Crippen molar-refractivity contribution in [3.8, 4) is 0 Å². The molecule has 1 aliphatic rings. The Labute approximate surface area is 95.6 Å². The summed E-state index contributed by atoms with van der Waals surface area (Å²) in [5.41, 5.74) is 0.965. The first kappa shape index (κ1) is 11.6. The van der Waals surface area contributed by atoms with Crippen LogP contribution in [0.25, 0.3) is 0 Å². The number of likely N-dealkylation sites (tertiary alicyclic amines) is 1. The molecule has 1 nitrogen and oxygen atoms in total. The number of nitrogens with zero attached hydrogens (tertiary/aromatic N) is 1. The largest absolute Gasteiger partial charge is 0.572 e. The second kappa shape index (κ2) is 5.44. The third kappa shape index (κ3) is 2.82. The van der Waals surface area contributed by atoms with Crippen LogP contribution in [0.2, 0.25) is 0 Å². The van der Waals surface area contributed by atoms with Gasteiger partial charge in [0.2, 0.25) is 0 Å². The van der Waals surface area contributed by atoms with Crippen LogP contribution in [0.3, 0.4) is 0 Å². The number of rotatable bonds is 3. The zero-order valence-corrected chi connectivity index (χ0v) is 9.33. The molecule has 0 amide bonds. The van der Waals surface area contributed by atoms with Gasteiger partial charge in [-0.15, -0.1) is 0 Å². The fraction of sp³-hybridized carbons (Fsp3) is 0.500. The monoisotopic (exact) mass is 223 g/mol. The highest BCUT2D eigenvalue weighted by molar-refractivity contribution is 6.60. The lowest BCUT2D eigenvalue weighted by molar-refractivity contribution is 0.221. The highest BCUT2D eigenvalue weighted by Gasteiger charge is 2.21. The van der Waals surface area contributed by atoms with Gasteiger partial charge in [-0.25, -0.2) is 0 Å². The van der Waals surface area contributed by atoms with Crippen LogP contribution >= 0.6 is 0 Å². The lowest BCUT2D eigenvalue weighted by Crippen LogP contribution is -2.33. The fourth-order valence-electron chi connectivity index (χ4n) is 2.25. The molecule has 0 bridgehead atoms. The third-order valence-corrected chi connectivity index (χ3v) is 3.13. The molecule has 1 saturated heterocycles. The van der Waals surface area contributed by atoms with Gasteiger partial charge in [0.1, 0.15) is 0 Å². The Bertz CT molecular complexity index is 338. The standard InChI is InChI=1S/C12H16BF2N/c14-13(15)12-7-3-2-6-11(12)10-16-8-4-1-5-9-16/h2-3,6-7H,1,4-5,8-10H2. The minimum atomic E-state index is -2.36. The van der Waals surface area contributed by atoms with E-state index in [4.69, 9.17) is 0 Å². The van der Waals surface area contributed by atoms with Gasteiger partial charge in [0.05, 0.1) is 0 Å². The van der Waals surface area contributed by atoms with Crippen molar-refractivity contribution in [1.82, 2.24) is 4.90 Å². The van der Waals surface area contributed by atoms with Crippen molar-refractivity contribution < 1.29 is 8.63 Å². The Morgan fingerprint density at radius 1 is 1.06 bits per heavy atom. The molecule has 4 heteroatoms. The highest BCUT2D eigenvalue weighted by atomic mass is 19.2. The molecule has 0 N–H and O–H groups in total. The average Bonchev–Trinajstić information content (AvgIpc) is 2.31. The van der Waals surface area contributed by atoms with E-state index in [2.05, 4.69) is 4.90 Å². The zero-order valence-electron chi connectivity index (χ0n) is 9.33. The van der Waals surface area contributed by atoms with Gasteiger partial charge in [0.25, 0.3) is 0 Å². The molecule has 0 aliphatic carbocycles. The highest BCUT2D eigenvalue weighted by Crippen LogP contribution is 2.12. The summed E-state index contributed by atoms with van der Waals surface area (Å²) in [5, 5.41) is 0. The first-order valence-corrected chi connectivity index (χ1v) is 5.85. The van der Waals surface area contributed by atoms with E-state index in [-0.39, 0.29) is 5.46 Å². The normalized spacial score (nSPS) is 17.4. The van der Waals surface area contributed by atoms with Crippen LogP contribution in [0.1, 0.15) is 24.8 Å². The van der Waals surface area contributed by atoms with Crippen LogP contribution in [0.15, 0.2) is 24.3 Å². The van der Waals surface area contributed by atoms with Gasteiger partial charge in [0, 0.05) is 6.54 Å². The van der Waals surface area contributed by atoms with E-state index in [0.29, 0.717) is 6.54 Å². The molecular weight excluding hydrogens is 207 g/mol. The van der Waals surface area contributed by atoms with Gasteiger partial charge in [-0.3, -0.25) is 13.5 Å². The maximum Gasteiger partial charge on any atom is 0.572 e. The Hall–Kier alpha value is -0.895. The molecule has 1 aliphatic heterocycles. The van der Waals surface area contributed by atoms with Crippen molar-refractivity contribution in [1.29, 1.82) is 0 Å². The molecule has 1 heterocycles. The van der Waals surface area contributed by atoms with E-state index < -0.39 is 7.27 Å². The maximum absolute atomic E-state index is 12.8. The van der Waals surface area contributed by atoms with Crippen LogP contribution < -0.4 is 5.46 Å². The molecule has 0 saturated carbocycles. The number of hydrogen-bond acceptors (Lipinski definition) is 1. The van der Waals surface area contributed by atoms with Crippen LogP contribution in [0, 0.1) is 0 Å². The smallest absolute Gasteiger partial charge is 0.299 e. The van der Waals surface area contributed by atoms with E-state index in [1.54, 1.807) is 6.07 Å². The van der Waals surface area contributed by atoms with E-state index in [9.17, 15) is 8.63 Å². The number of halogens is 2. The molecule has 0 aromatic heterocycles. The Morgan fingerprint density at radius 2 is 1.75 bits per heavy atom. The summed E-state index contributed by atoms with van der Waals surface area (Å²) < 4.78 is 25.5. The number of benzene rings is 1. The number of hydrogen-bond donors (Lipinski definition) is 0. The zero-order chi connectivity index (χ0) is 11.4. The van der Waals surface area contributed by atoms with E-state index >= 15 is 0 Å². The summed E-state index contributed by atoms with van der Waals surface area (Å²) in [7, 11) is -2.36. The predicted molar refractivity (Wildman–Crippen MR) is 63.2 cm³/mol. The SMILES string of the molecule is FB(F)c1ccccc1CN1CCCCC1. The Kier molecular flexibility index (Phi) is 3.94. The van der Waals surface area contributed by atoms with Crippen LogP contribution in [0.5, 0.6) is 0 Å². The van der Waals surface area contributed by atoms with Crippen molar-refractivity contribution in [2.45, 2.75) is 25.8 Å². The summed E-state index contributed by atoms with van der Waals surface area (Å²) in [5.74, 6) is 0. The van der Waals surface area contributed by atoms with Gasteiger partial charge in [-0.1, -0.05) is 30.7 Å². The maximum atomic E-state index is 12.8. The summed E-state index contributed by atoms with van der Waals surface area (Å²) in [4.78, 5) is 2.27. The third-order valence-electron chi connectivity index (χ3n) is 3.13. The average molecular weight is 223 g/mol. The van der Waals surface area contributed by atoms with Crippen molar-refractivity contribution in [2.75, 3.05) is 13.1 Å². The molecule has 2 rings (SSSR count). The van der Waals surface area contributed by atoms with E-state index in [1.807, 2.05) is 12.1 Å². The van der Waals surface area contributed by atoms with Crippen molar-refractivity contribution in [2.24, 2.45) is 0 Å². The molecular formula is C12H16BF2N. The Morgan fingerprint density at radius 3 is 2.44 bits per heavy atom. The van der Waals surface area contributed by atoms with Crippen LogP contribution in [0.4, 0.5) is 8.63 Å². The topological polar surface area (TPSA) is 3.24 Å². The minimum absolute atomic E-state index is 0.188. The number of piperidine rings is 1. The van der Waals surface area contributed by atoms with Gasteiger partial charge in [-0.05, 0) is 37.0 Å². The molecule has 1 fully saturated rings. The quantitative estimate of drug-likeness (QED) is 0.710. The first-order chi connectivity index (χ1) is 7.77. The molecule has 0 unspecified atom stereocenters. The van der Waals surface area contributed by atoms with Gasteiger partial charge >= 0.3 is 7.27 Å². The molecule has 0 atom stereocenters. The molecule has 1 aromatic carbocycles. The lowest BCUT2D eigenvalue weighted by Gasteiger charge is -2.27. The molecule has 0 radical (unpaired) electrons.